The summed E-state index contributed by atoms with van der Waals surface area (Å²) in [5.74, 6) is 1.95. The predicted molar refractivity (Wildman–Crippen MR) is 96.4 cm³/mol. The van der Waals surface area contributed by atoms with E-state index in [0.717, 1.165) is 37.3 Å². The first-order valence-corrected chi connectivity index (χ1v) is 9.30. The number of nitrogens with one attached hydrogen (secondary N) is 1. The van der Waals surface area contributed by atoms with Crippen molar-refractivity contribution in [2.24, 2.45) is 0 Å². The van der Waals surface area contributed by atoms with Gasteiger partial charge >= 0.3 is 0 Å². The second kappa shape index (κ2) is 7.14. The number of nitrogens with zero attached hydrogens (tertiary/aromatic N) is 4. The van der Waals surface area contributed by atoms with Crippen molar-refractivity contribution in [3.63, 3.8) is 0 Å². The normalized spacial score (nSPS) is 23.9. The molecule has 1 aromatic heterocycles. The van der Waals surface area contributed by atoms with E-state index < -0.39 is 0 Å². The summed E-state index contributed by atoms with van der Waals surface area (Å²) < 4.78 is 7.41. The van der Waals surface area contributed by atoms with Gasteiger partial charge in [-0.25, -0.2) is 9.67 Å². The standard InChI is InChI=1S/C19H27N5O/c1-3-24-18(21-13-22-24)12-20-17-9-10-23(15-7-8-15)19(17)14-5-4-6-16(11-14)25-2/h4-6,11,13,15,17,19-20H,3,7-10,12H2,1-2H3. The van der Waals surface area contributed by atoms with E-state index in [0.29, 0.717) is 12.1 Å². The van der Waals surface area contributed by atoms with E-state index >= 15 is 0 Å². The molecule has 1 aromatic carbocycles. The summed E-state index contributed by atoms with van der Waals surface area (Å²) in [5.41, 5.74) is 1.35. The van der Waals surface area contributed by atoms with Gasteiger partial charge in [0.15, 0.2) is 0 Å². The van der Waals surface area contributed by atoms with E-state index in [4.69, 9.17) is 4.74 Å². The second-order valence-electron chi connectivity index (χ2n) is 6.96. The molecule has 0 spiro atoms. The molecule has 0 bridgehead atoms. The topological polar surface area (TPSA) is 55.2 Å². The Morgan fingerprint density at radius 2 is 2.16 bits per heavy atom. The van der Waals surface area contributed by atoms with Crippen molar-refractivity contribution in [2.75, 3.05) is 13.7 Å². The molecule has 0 amide bonds. The number of hydrogen-bond acceptors (Lipinski definition) is 5. The van der Waals surface area contributed by atoms with E-state index in [2.05, 4.69) is 45.4 Å². The fourth-order valence-corrected chi connectivity index (χ4v) is 4.01. The highest BCUT2D eigenvalue weighted by molar-refractivity contribution is 5.32. The lowest BCUT2D eigenvalue weighted by Gasteiger charge is -2.29. The molecule has 134 valence electrons. The van der Waals surface area contributed by atoms with Crippen LogP contribution in [-0.2, 0) is 13.1 Å². The molecule has 1 N–H and O–H groups in total. The third kappa shape index (κ3) is 3.41. The van der Waals surface area contributed by atoms with Crippen molar-refractivity contribution in [2.45, 2.75) is 57.4 Å². The molecular formula is C19H27N5O. The van der Waals surface area contributed by atoms with Crippen LogP contribution in [0.4, 0.5) is 0 Å². The lowest BCUT2D eigenvalue weighted by Crippen LogP contribution is -2.37. The van der Waals surface area contributed by atoms with Crippen molar-refractivity contribution in [1.82, 2.24) is 25.0 Å². The zero-order valence-electron chi connectivity index (χ0n) is 15.1. The molecule has 2 unspecified atom stereocenters. The summed E-state index contributed by atoms with van der Waals surface area (Å²) in [6, 6.07) is 10.1. The van der Waals surface area contributed by atoms with Gasteiger partial charge in [-0.15, -0.1) is 0 Å². The van der Waals surface area contributed by atoms with Gasteiger partial charge in [0.05, 0.1) is 19.7 Å². The Hall–Kier alpha value is -1.92. The number of aryl methyl sites for hydroxylation is 1. The van der Waals surface area contributed by atoms with Crippen molar-refractivity contribution in [1.29, 1.82) is 0 Å². The number of benzene rings is 1. The zero-order chi connectivity index (χ0) is 17.2. The number of aromatic nitrogens is 3. The highest BCUT2D eigenvalue weighted by Gasteiger charge is 2.42. The van der Waals surface area contributed by atoms with E-state index in [1.807, 2.05) is 10.7 Å². The summed E-state index contributed by atoms with van der Waals surface area (Å²) in [6.45, 7) is 4.87. The molecule has 1 aliphatic heterocycles. The highest BCUT2D eigenvalue weighted by Crippen LogP contribution is 2.41. The molecule has 25 heavy (non-hydrogen) atoms. The highest BCUT2D eigenvalue weighted by atomic mass is 16.5. The Labute approximate surface area is 149 Å². The van der Waals surface area contributed by atoms with Crippen LogP contribution in [0.2, 0.25) is 0 Å². The number of ether oxygens (including phenoxy) is 1. The number of methoxy groups -OCH3 is 1. The van der Waals surface area contributed by atoms with Crippen LogP contribution < -0.4 is 10.1 Å². The summed E-state index contributed by atoms with van der Waals surface area (Å²) in [5, 5.41) is 8.02. The first-order valence-electron chi connectivity index (χ1n) is 9.30. The number of rotatable bonds is 7. The smallest absolute Gasteiger partial charge is 0.140 e. The van der Waals surface area contributed by atoms with E-state index in [9.17, 15) is 0 Å². The minimum Gasteiger partial charge on any atom is -0.497 e. The average molecular weight is 341 g/mol. The van der Waals surface area contributed by atoms with Gasteiger partial charge in [0.2, 0.25) is 0 Å². The van der Waals surface area contributed by atoms with Crippen molar-refractivity contribution in [3.05, 3.63) is 42.0 Å². The van der Waals surface area contributed by atoms with Gasteiger partial charge in [-0.3, -0.25) is 4.90 Å². The third-order valence-corrected chi connectivity index (χ3v) is 5.41. The third-order valence-electron chi connectivity index (χ3n) is 5.41. The summed E-state index contributed by atoms with van der Waals surface area (Å²) >= 11 is 0. The fraction of sp³-hybridized carbons (Fsp3) is 0.579. The van der Waals surface area contributed by atoms with Crippen LogP contribution in [0.15, 0.2) is 30.6 Å². The molecule has 2 fully saturated rings. The molecule has 1 aliphatic carbocycles. The summed E-state index contributed by atoms with van der Waals surface area (Å²) in [4.78, 5) is 7.07. The van der Waals surface area contributed by atoms with E-state index in [1.54, 1.807) is 13.4 Å². The van der Waals surface area contributed by atoms with Crippen molar-refractivity contribution < 1.29 is 4.74 Å². The zero-order valence-corrected chi connectivity index (χ0v) is 15.1. The van der Waals surface area contributed by atoms with Gasteiger partial charge in [-0.2, -0.15) is 5.10 Å². The molecule has 4 rings (SSSR count). The average Bonchev–Trinajstić information content (AvgIpc) is 3.24. The predicted octanol–water partition coefficient (Wildman–Crippen LogP) is 2.37. The van der Waals surface area contributed by atoms with Crippen molar-refractivity contribution >= 4 is 0 Å². The first kappa shape index (κ1) is 16.5. The van der Waals surface area contributed by atoms with Gasteiger partial charge in [0, 0.05) is 25.2 Å². The minimum atomic E-state index is 0.403. The van der Waals surface area contributed by atoms with Crippen LogP contribution in [0.25, 0.3) is 0 Å². The number of hydrogen-bond donors (Lipinski definition) is 1. The molecule has 0 radical (unpaired) electrons. The second-order valence-corrected chi connectivity index (χ2v) is 6.96. The van der Waals surface area contributed by atoms with Crippen LogP contribution in [0, 0.1) is 0 Å². The maximum atomic E-state index is 5.45. The van der Waals surface area contributed by atoms with E-state index in [1.165, 1.54) is 24.8 Å². The Morgan fingerprint density at radius 3 is 2.92 bits per heavy atom. The van der Waals surface area contributed by atoms with Gasteiger partial charge in [0.1, 0.15) is 17.9 Å². The largest absolute Gasteiger partial charge is 0.497 e. The lowest BCUT2D eigenvalue weighted by molar-refractivity contribution is 0.225. The molecule has 2 atom stereocenters. The molecule has 1 saturated carbocycles. The maximum absolute atomic E-state index is 5.45. The van der Waals surface area contributed by atoms with Crippen LogP contribution in [0.3, 0.4) is 0 Å². The molecule has 2 aromatic rings. The van der Waals surface area contributed by atoms with Gasteiger partial charge in [-0.05, 0) is 43.9 Å². The Kier molecular flexibility index (Phi) is 4.72. The maximum Gasteiger partial charge on any atom is 0.140 e. The lowest BCUT2D eigenvalue weighted by atomic mass is 9.99. The fourth-order valence-electron chi connectivity index (χ4n) is 4.01. The molecule has 2 aliphatic rings. The van der Waals surface area contributed by atoms with Gasteiger partial charge in [-0.1, -0.05) is 12.1 Å². The minimum absolute atomic E-state index is 0.403. The van der Waals surface area contributed by atoms with Crippen molar-refractivity contribution in [3.8, 4) is 5.75 Å². The Morgan fingerprint density at radius 1 is 1.28 bits per heavy atom. The summed E-state index contributed by atoms with van der Waals surface area (Å²) in [6.07, 6.45) is 5.47. The molecule has 1 saturated heterocycles. The van der Waals surface area contributed by atoms with Crippen LogP contribution in [-0.4, -0.2) is 45.4 Å². The summed E-state index contributed by atoms with van der Waals surface area (Å²) in [7, 11) is 1.74. The van der Waals surface area contributed by atoms with Gasteiger partial charge < -0.3 is 10.1 Å². The SMILES string of the molecule is CCn1ncnc1CNC1CCN(C2CC2)C1c1cccc(OC)c1. The molecule has 6 nitrogen and oxygen atoms in total. The van der Waals surface area contributed by atoms with Gasteiger partial charge in [0.25, 0.3) is 0 Å². The number of likely N-dealkylation sites (tertiary alicyclic amines) is 1. The first-order chi connectivity index (χ1) is 12.3. The molecular weight excluding hydrogens is 314 g/mol. The van der Waals surface area contributed by atoms with E-state index in [-0.39, 0.29) is 0 Å². The Balaban J connectivity index is 1.53. The quantitative estimate of drug-likeness (QED) is 0.838. The van der Waals surface area contributed by atoms with Crippen LogP contribution in [0.1, 0.15) is 43.6 Å². The Bertz CT molecular complexity index is 711. The molecule has 2 heterocycles. The van der Waals surface area contributed by atoms with Crippen LogP contribution in [0.5, 0.6) is 5.75 Å². The molecule has 6 heteroatoms. The monoisotopic (exact) mass is 341 g/mol. The van der Waals surface area contributed by atoms with Crippen LogP contribution >= 0.6 is 0 Å².